The molecule has 2 rings (SSSR count). The van der Waals surface area contributed by atoms with Crippen LogP contribution in [0.15, 0.2) is 42.5 Å². The maximum absolute atomic E-state index is 12.3. The van der Waals surface area contributed by atoms with Crippen molar-refractivity contribution in [2.24, 2.45) is 0 Å². The molecule has 154 valence electrons. The average Bonchev–Trinajstić information content (AvgIpc) is 2.72. The SMILES string of the molecule is COc1ccc(CCC(=O)O[C@@H](C)C(=O)Nc2ccc(OC)cc2[N+](=O)[O-])cc1. The number of esters is 1. The summed E-state index contributed by atoms with van der Waals surface area (Å²) in [7, 11) is 2.95. The number of nitrogens with one attached hydrogen (secondary N) is 1. The Morgan fingerprint density at radius 1 is 1.07 bits per heavy atom. The standard InChI is InChI=1S/C20H22N2O7/c1-13(29-19(23)11-6-14-4-7-15(27-2)8-5-14)20(24)21-17-10-9-16(28-3)12-18(17)22(25)26/h4-5,7-10,12-13H,6,11H2,1-3H3,(H,21,24)/t13-/m0/s1. The Kier molecular flexibility index (Phi) is 7.53. The van der Waals surface area contributed by atoms with Crippen LogP contribution in [0.2, 0.25) is 0 Å². The molecule has 0 aliphatic rings. The van der Waals surface area contributed by atoms with Gasteiger partial charge in [0, 0.05) is 6.42 Å². The Bertz CT molecular complexity index is 881. The monoisotopic (exact) mass is 402 g/mol. The first-order chi connectivity index (χ1) is 13.8. The van der Waals surface area contributed by atoms with Crippen molar-refractivity contribution in [1.82, 2.24) is 0 Å². The molecule has 0 spiro atoms. The number of amides is 1. The molecule has 0 heterocycles. The van der Waals surface area contributed by atoms with E-state index in [1.54, 1.807) is 19.2 Å². The normalized spacial score (nSPS) is 11.3. The number of anilines is 1. The fourth-order valence-electron chi connectivity index (χ4n) is 2.48. The zero-order valence-corrected chi connectivity index (χ0v) is 16.3. The molecule has 1 N–H and O–H groups in total. The second kappa shape index (κ2) is 10.1. The van der Waals surface area contributed by atoms with Gasteiger partial charge in [0.05, 0.1) is 25.2 Å². The van der Waals surface area contributed by atoms with Gasteiger partial charge in [0.15, 0.2) is 6.10 Å². The van der Waals surface area contributed by atoms with Gasteiger partial charge in [-0.3, -0.25) is 19.7 Å². The summed E-state index contributed by atoms with van der Waals surface area (Å²) in [6.45, 7) is 1.40. The Morgan fingerprint density at radius 2 is 1.69 bits per heavy atom. The highest BCUT2D eigenvalue weighted by Gasteiger charge is 2.22. The van der Waals surface area contributed by atoms with Crippen LogP contribution in [0.3, 0.4) is 0 Å². The summed E-state index contributed by atoms with van der Waals surface area (Å²) in [4.78, 5) is 34.8. The van der Waals surface area contributed by atoms with E-state index in [2.05, 4.69) is 5.32 Å². The number of hydrogen-bond acceptors (Lipinski definition) is 7. The van der Waals surface area contributed by atoms with Gasteiger partial charge >= 0.3 is 5.97 Å². The van der Waals surface area contributed by atoms with Crippen LogP contribution in [0.4, 0.5) is 11.4 Å². The molecule has 2 aromatic carbocycles. The highest BCUT2D eigenvalue weighted by Crippen LogP contribution is 2.29. The molecule has 0 bridgehead atoms. The first kappa shape index (κ1) is 21.7. The predicted molar refractivity (Wildman–Crippen MR) is 105 cm³/mol. The van der Waals surface area contributed by atoms with E-state index >= 15 is 0 Å². The van der Waals surface area contributed by atoms with Gasteiger partial charge in [0.25, 0.3) is 11.6 Å². The number of nitrogens with zero attached hydrogens (tertiary/aromatic N) is 1. The van der Waals surface area contributed by atoms with Crippen molar-refractivity contribution in [3.05, 3.63) is 58.1 Å². The maximum atomic E-state index is 12.3. The van der Waals surface area contributed by atoms with Gasteiger partial charge in [-0.05, 0) is 43.2 Å². The molecule has 9 heteroatoms. The number of nitro benzene ring substituents is 1. The zero-order chi connectivity index (χ0) is 21.4. The quantitative estimate of drug-likeness (QED) is 0.389. The summed E-state index contributed by atoms with van der Waals surface area (Å²) in [6, 6.07) is 11.3. The van der Waals surface area contributed by atoms with Crippen molar-refractivity contribution >= 4 is 23.3 Å². The fraction of sp³-hybridized carbons (Fsp3) is 0.300. The highest BCUT2D eigenvalue weighted by molar-refractivity contribution is 5.97. The molecule has 0 aliphatic heterocycles. The number of aryl methyl sites for hydroxylation is 1. The summed E-state index contributed by atoms with van der Waals surface area (Å²) in [5.41, 5.74) is 0.589. The van der Waals surface area contributed by atoms with Crippen LogP contribution in [0, 0.1) is 10.1 Å². The minimum Gasteiger partial charge on any atom is -0.497 e. The lowest BCUT2D eigenvalue weighted by Gasteiger charge is -2.14. The molecule has 9 nitrogen and oxygen atoms in total. The lowest BCUT2D eigenvalue weighted by molar-refractivity contribution is -0.384. The van der Waals surface area contributed by atoms with Crippen LogP contribution in [-0.2, 0) is 20.7 Å². The fourth-order valence-corrected chi connectivity index (χ4v) is 2.48. The number of methoxy groups -OCH3 is 2. The molecule has 29 heavy (non-hydrogen) atoms. The zero-order valence-electron chi connectivity index (χ0n) is 16.3. The van der Waals surface area contributed by atoms with Crippen LogP contribution in [0.1, 0.15) is 18.9 Å². The number of ether oxygens (including phenoxy) is 3. The molecule has 0 saturated heterocycles. The average molecular weight is 402 g/mol. The second-order valence-corrected chi connectivity index (χ2v) is 6.11. The van der Waals surface area contributed by atoms with E-state index in [4.69, 9.17) is 14.2 Å². The minimum absolute atomic E-state index is 0.0121. The number of benzene rings is 2. The van der Waals surface area contributed by atoms with Crippen molar-refractivity contribution in [3.8, 4) is 11.5 Å². The number of nitro groups is 1. The van der Waals surface area contributed by atoms with Gasteiger partial charge < -0.3 is 19.5 Å². The Balaban J connectivity index is 1.91. The summed E-state index contributed by atoms with van der Waals surface area (Å²) in [5, 5.41) is 13.6. The summed E-state index contributed by atoms with van der Waals surface area (Å²) < 4.78 is 15.1. The molecule has 0 radical (unpaired) electrons. The smallest absolute Gasteiger partial charge is 0.306 e. The third kappa shape index (κ3) is 6.20. The first-order valence-electron chi connectivity index (χ1n) is 8.79. The second-order valence-electron chi connectivity index (χ2n) is 6.11. The van der Waals surface area contributed by atoms with Crippen LogP contribution in [0.25, 0.3) is 0 Å². The van der Waals surface area contributed by atoms with Gasteiger partial charge in [0.2, 0.25) is 0 Å². The van der Waals surface area contributed by atoms with Crippen LogP contribution >= 0.6 is 0 Å². The lowest BCUT2D eigenvalue weighted by atomic mass is 10.1. The van der Waals surface area contributed by atoms with E-state index in [9.17, 15) is 19.7 Å². The molecule has 2 aromatic rings. The molecular weight excluding hydrogens is 380 g/mol. The van der Waals surface area contributed by atoms with E-state index in [-0.39, 0.29) is 23.5 Å². The Labute approximate surface area is 167 Å². The predicted octanol–water partition coefficient (Wildman–Crippen LogP) is 3.12. The Hall–Kier alpha value is -3.62. The molecule has 1 amide bonds. The van der Waals surface area contributed by atoms with Gasteiger partial charge in [-0.15, -0.1) is 0 Å². The largest absolute Gasteiger partial charge is 0.497 e. The summed E-state index contributed by atoms with van der Waals surface area (Å²) in [5.74, 6) is -0.217. The minimum atomic E-state index is -1.11. The van der Waals surface area contributed by atoms with Gasteiger partial charge in [0.1, 0.15) is 17.2 Å². The number of carbonyl (C=O) groups excluding carboxylic acids is 2. The van der Waals surface area contributed by atoms with Crippen molar-refractivity contribution in [2.75, 3.05) is 19.5 Å². The summed E-state index contributed by atoms with van der Waals surface area (Å²) in [6.07, 6.45) is -0.576. The highest BCUT2D eigenvalue weighted by atomic mass is 16.6. The van der Waals surface area contributed by atoms with Crippen molar-refractivity contribution in [2.45, 2.75) is 25.9 Å². The van der Waals surface area contributed by atoms with Crippen LogP contribution in [-0.4, -0.2) is 37.1 Å². The van der Waals surface area contributed by atoms with Gasteiger partial charge in [-0.2, -0.15) is 0 Å². The van der Waals surface area contributed by atoms with E-state index in [0.29, 0.717) is 12.2 Å². The third-order valence-electron chi connectivity index (χ3n) is 4.11. The van der Waals surface area contributed by atoms with Crippen LogP contribution < -0.4 is 14.8 Å². The molecular formula is C20H22N2O7. The molecule has 0 fully saturated rings. The van der Waals surface area contributed by atoms with Crippen molar-refractivity contribution in [1.29, 1.82) is 0 Å². The van der Waals surface area contributed by atoms with E-state index in [1.165, 1.54) is 32.2 Å². The maximum Gasteiger partial charge on any atom is 0.306 e. The first-order valence-corrected chi connectivity index (χ1v) is 8.79. The number of rotatable bonds is 9. The lowest BCUT2D eigenvalue weighted by Crippen LogP contribution is -2.30. The topological polar surface area (TPSA) is 117 Å². The molecule has 0 unspecified atom stereocenters. The van der Waals surface area contributed by atoms with E-state index in [0.717, 1.165) is 5.56 Å². The van der Waals surface area contributed by atoms with Gasteiger partial charge in [-0.25, -0.2) is 0 Å². The molecule has 0 aliphatic carbocycles. The molecule has 1 atom stereocenters. The van der Waals surface area contributed by atoms with E-state index in [1.807, 2.05) is 12.1 Å². The summed E-state index contributed by atoms with van der Waals surface area (Å²) >= 11 is 0. The van der Waals surface area contributed by atoms with Gasteiger partial charge in [-0.1, -0.05) is 12.1 Å². The molecule has 0 aromatic heterocycles. The molecule has 0 saturated carbocycles. The number of hydrogen-bond donors (Lipinski definition) is 1. The number of carbonyl (C=O) groups is 2. The third-order valence-corrected chi connectivity index (χ3v) is 4.11. The van der Waals surface area contributed by atoms with Crippen LogP contribution in [0.5, 0.6) is 11.5 Å². The Morgan fingerprint density at radius 3 is 2.28 bits per heavy atom. The van der Waals surface area contributed by atoms with Crippen molar-refractivity contribution < 1.29 is 28.7 Å². The van der Waals surface area contributed by atoms with Crippen molar-refractivity contribution in [3.63, 3.8) is 0 Å². The van der Waals surface area contributed by atoms with E-state index < -0.39 is 22.9 Å².